The van der Waals surface area contributed by atoms with Gasteiger partial charge in [-0.2, -0.15) is 0 Å². The fourth-order valence-corrected chi connectivity index (χ4v) is 4.72. The molecule has 0 aliphatic carbocycles. The summed E-state index contributed by atoms with van der Waals surface area (Å²) in [6.45, 7) is 8.92. The van der Waals surface area contributed by atoms with Gasteiger partial charge in [0.2, 0.25) is 0 Å². The van der Waals surface area contributed by atoms with Gasteiger partial charge in [0, 0.05) is 20.8 Å². The molecule has 0 fully saturated rings. The molecule has 0 heterocycles. The van der Waals surface area contributed by atoms with Crippen LogP contribution >= 0.6 is 0 Å². The highest BCUT2D eigenvalue weighted by Gasteiger charge is 2.42. The summed E-state index contributed by atoms with van der Waals surface area (Å²) in [5.74, 6) is -3.50. The van der Waals surface area contributed by atoms with Crippen molar-refractivity contribution in [1.82, 2.24) is 0 Å². The van der Waals surface area contributed by atoms with Gasteiger partial charge in [-0.05, 0) is 54.2 Å². The average Bonchev–Trinajstić information content (AvgIpc) is 3.03. The van der Waals surface area contributed by atoms with Crippen molar-refractivity contribution in [3.05, 3.63) is 54.1 Å². The number of hydrogen-bond acceptors (Lipinski definition) is 9. The quantitative estimate of drug-likeness (QED) is 0.0543. The standard InChI is InChI=1S/C37H52O9/c1-6-28(2)27-44-35(40)33-19-17-31(18-20-33)32-21-23-34(24-22-32)42-25-15-13-11-9-7-8-10-12-14-16-26-43-36(41)37(5,45-29(3)38)46-30(4)39/h17-24,28H,6-16,25-27H2,1-5H3. The molecule has 2 aromatic rings. The van der Waals surface area contributed by atoms with Crippen molar-refractivity contribution < 1.29 is 42.9 Å². The number of carbonyl (C=O) groups excluding carboxylic acids is 4. The molecule has 0 spiro atoms. The first-order valence-electron chi connectivity index (χ1n) is 16.6. The van der Waals surface area contributed by atoms with E-state index in [1.54, 1.807) is 0 Å². The van der Waals surface area contributed by atoms with Crippen LogP contribution in [0.1, 0.15) is 116 Å². The molecule has 0 N–H and O–H groups in total. The smallest absolute Gasteiger partial charge is 0.392 e. The fraction of sp³-hybridized carbons (Fsp3) is 0.568. The zero-order valence-corrected chi connectivity index (χ0v) is 28.3. The molecule has 0 saturated carbocycles. The first kappa shape index (κ1) is 38.3. The van der Waals surface area contributed by atoms with Crippen molar-refractivity contribution in [2.24, 2.45) is 5.92 Å². The van der Waals surface area contributed by atoms with Crippen molar-refractivity contribution in [2.75, 3.05) is 19.8 Å². The molecule has 254 valence electrons. The predicted octanol–water partition coefficient (Wildman–Crippen LogP) is 8.22. The maximum Gasteiger partial charge on any atom is 0.392 e. The summed E-state index contributed by atoms with van der Waals surface area (Å²) in [7, 11) is 0. The van der Waals surface area contributed by atoms with Gasteiger partial charge in [0.15, 0.2) is 0 Å². The van der Waals surface area contributed by atoms with Crippen molar-refractivity contribution in [3.63, 3.8) is 0 Å². The van der Waals surface area contributed by atoms with Gasteiger partial charge in [-0.15, -0.1) is 0 Å². The highest BCUT2D eigenvalue weighted by Crippen LogP contribution is 2.24. The molecule has 0 radical (unpaired) electrons. The van der Waals surface area contributed by atoms with Gasteiger partial charge in [-0.3, -0.25) is 9.59 Å². The SMILES string of the molecule is CCC(C)COC(=O)c1ccc(-c2ccc(OCCCCCCCCCCCCOC(=O)C(C)(OC(C)=O)OC(C)=O)cc2)cc1. The molecule has 0 aliphatic rings. The van der Waals surface area contributed by atoms with E-state index in [2.05, 4.69) is 13.8 Å². The van der Waals surface area contributed by atoms with Crippen LogP contribution in [0.3, 0.4) is 0 Å². The molecule has 0 aromatic heterocycles. The van der Waals surface area contributed by atoms with Gasteiger partial charge < -0.3 is 23.7 Å². The summed E-state index contributed by atoms with van der Waals surface area (Å²) in [6, 6.07) is 15.5. The highest BCUT2D eigenvalue weighted by atomic mass is 16.8. The Labute approximate surface area is 274 Å². The topological polar surface area (TPSA) is 114 Å². The van der Waals surface area contributed by atoms with Crippen molar-refractivity contribution in [2.45, 2.75) is 111 Å². The minimum atomic E-state index is -2.06. The van der Waals surface area contributed by atoms with Crippen LogP contribution in [0.5, 0.6) is 5.75 Å². The molecule has 2 aromatic carbocycles. The zero-order valence-electron chi connectivity index (χ0n) is 28.3. The molecule has 46 heavy (non-hydrogen) atoms. The van der Waals surface area contributed by atoms with Crippen LogP contribution in [0.25, 0.3) is 11.1 Å². The molecule has 1 atom stereocenters. The maximum absolute atomic E-state index is 12.2. The van der Waals surface area contributed by atoms with Crippen LogP contribution in [0.2, 0.25) is 0 Å². The minimum absolute atomic E-state index is 0.176. The largest absolute Gasteiger partial charge is 0.494 e. The Kier molecular flexibility index (Phi) is 17.5. The van der Waals surface area contributed by atoms with E-state index in [9.17, 15) is 19.2 Å². The lowest BCUT2D eigenvalue weighted by Crippen LogP contribution is -2.45. The van der Waals surface area contributed by atoms with Gasteiger partial charge in [-0.1, -0.05) is 95.9 Å². The summed E-state index contributed by atoms with van der Waals surface area (Å²) in [5, 5.41) is 0. The van der Waals surface area contributed by atoms with Crippen LogP contribution < -0.4 is 4.74 Å². The number of benzene rings is 2. The molecule has 9 nitrogen and oxygen atoms in total. The van der Waals surface area contributed by atoms with Gasteiger partial charge in [-0.25, -0.2) is 9.59 Å². The van der Waals surface area contributed by atoms with E-state index in [0.717, 1.165) is 69.2 Å². The van der Waals surface area contributed by atoms with E-state index in [0.29, 0.717) is 31.1 Å². The normalized spacial score (nSPS) is 11.8. The molecule has 0 saturated heterocycles. The summed E-state index contributed by atoms with van der Waals surface area (Å²) in [5.41, 5.74) is 2.66. The zero-order chi connectivity index (χ0) is 33.8. The Morgan fingerprint density at radius 1 is 0.652 bits per heavy atom. The number of hydrogen-bond donors (Lipinski definition) is 0. The lowest BCUT2D eigenvalue weighted by molar-refractivity contribution is -0.232. The van der Waals surface area contributed by atoms with Crippen LogP contribution in [0, 0.1) is 5.92 Å². The Morgan fingerprint density at radius 2 is 1.11 bits per heavy atom. The number of ether oxygens (including phenoxy) is 5. The Balaban J connectivity index is 1.50. The second-order valence-corrected chi connectivity index (χ2v) is 11.9. The number of rotatable bonds is 22. The van der Waals surface area contributed by atoms with Gasteiger partial charge in [0.1, 0.15) is 5.75 Å². The number of unbranched alkanes of at least 4 members (excludes halogenated alkanes) is 9. The third-order valence-electron chi connectivity index (χ3n) is 7.59. The molecule has 0 amide bonds. The van der Waals surface area contributed by atoms with Crippen molar-refractivity contribution in [3.8, 4) is 16.9 Å². The second-order valence-electron chi connectivity index (χ2n) is 11.9. The van der Waals surface area contributed by atoms with E-state index in [1.807, 2.05) is 48.5 Å². The first-order chi connectivity index (χ1) is 22.0. The van der Waals surface area contributed by atoms with E-state index in [-0.39, 0.29) is 12.6 Å². The summed E-state index contributed by atoms with van der Waals surface area (Å²) in [6.07, 6.45) is 11.7. The lowest BCUT2D eigenvalue weighted by Gasteiger charge is -2.25. The molecule has 0 aliphatic heterocycles. The minimum Gasteiger partial charge on any atom is -0.494 e. The van der Waals surface area contributed by atoms with E-state index < -0.39 is 23.7 Å². The molecule has 9 heteroatoms. The number of carbonyl (C=O) groups is 4. The van der Waals surface area contributed by atoms with Crippen molar-refractivity contribution in [1.29, 1.82) is 0 Å². The monoisotopic (exact) mass is 640 g/mol. The van der Waals surface area contributed by atoms with Gasteiger partial charge in [0.05, 0.1) is 25.4 Å². The Morgan fingerprint density at radius 3 is 1.59 bits per heavy atom. The molecular weight excluding hydrogens is 588 g/mol. The molecule has 2 rings (SSSR count). The summed E-state index contributed by atoms with van der Waals surface area (Å²) in [4.78, 5) is 47.0. The van der Waals surface area contributed by atoms with E-state index in [1.165, 1.54) is 32.6 Å². The van der Waals surface area contributed by atoms with Gasteiger partial charge in [0.25, 0.3) is 0 Å². The fourth-order valence-electron chi connectivity index (χ4n) is 4.72. The van der Waals surface area contributed by atoms with Crippen molar-refractivity contribution >= 4 is 23.9 Å². The second kappa shape index (κ2) is 21.0. The first-order valence-corrected chi connectivity index (χ1v) is 16.6. The molecular formula is C37H52O9. The lowest BCUT2D eigenvalue weighted by atomic mass is 10.0. The Hall–Kier alpha value is -3.88. The van der Waals surface area contributed by atoms with Crippen LogP contribution in [-0.4, -0.2) is 49.5 Å². The highest BCUT2D eigenvalue weighted by molar-refractivity contribution is 5.90. The summed E-state index contributed by atoms with van der Waals surface area (Å²) >= 11 is 0. The maximum atomic E-state index is 12.2. The third-order valence-corrected chi connectivity index (χ3v) is 7.59. The third kappa shape index (κ3) is 14.9. The average molecular weight is 641 g/mol. The van der Waals surface area contributed by atoms with E-state index in [4.69, 9.17) is 23.7 Å². The van der Waals surface area contributed by atoms with Crippen LogP contribution in [0.4, 0.5) is 0 Å². The van der Waals surface area contributed by atoms with E-state index >= 15 is 0 Å². The number of esters is 4. The van der Waals surface area contributed by atoms with Gasteiger partial charge >= 0.3 is 29.7 Å². The van der Waals surface area contributed by atoms with Crippen LogP contribution in [0.15, 0.2) is 48.5 Å². The Bertz CT molecular complexity index is 1190. The van der Waals surface area contributed by atoms with Crippen LogP contribution in [-0.2, 0) is 33.3 Å². The molecule has 0 bridgehead atoms. The predicted molar refractivity (Wildman–Crippen MR) is 176 cm³/mol. The molecule has 1 unspecified atom stereocenters. The summed E-state index contributed by atoms with van der Waals surface area (Å²) < 4.78 is 26.2.